The molecule has 0 unspecified atom stereocenters. The van der Waals surface area contributed by atoms with Gasteiger partial charge in [-0.25, -0.2) is 0 Å². The minimum atomic E-state index is 0.115. The van der Waals surface area contributed by atoms with Gasteiger partial charge in [0.15, 0.2) is 0 Å². The summed E-state index contributed by atoms with van der Waals surface area (Å²) in [5.74, 6) is 0.614. The minimum Gasteiger partial charge on any atom is -0.368 e. The molecule has 0 atom stereocenters. The van der Waals surface area contributed by atoms with Crippen molar-refractivity contribution in [2.24, 2.45) is 10.9 Å². The summed E-state index contributed by atoms with van der Waals surface area (Å²) in [7, 11) is 0. The van der Waals surface area contributed by atoms with Gasteiger partial charge in [-0.05, 0) is 62.6 Å². The van der Waals surface area contributed by atoms with Gasteiger partial charge < -0.3 is 9.80 Å². The number of fused-ring (bicyclic) bond motifs is 2. The third-order valence-electron chi connectivity index (χ3n) is 8.08. The summed E-state index contributed by atoms with van der Waals surface area (Å²) in [6, 6.07) is 21.4. The van der Waals surface area contributed by atoms with E-state index in [4.69, 9.17) is 4.99 Å². The summed E-state index contributed by atoms with van der Waals surface area (Å²) < 4.78 is 0. The third-order valence-corrected chi connectivity index (χ3v) is 9.22. The molecule has 1 saturated heterocycles. The van der Waals surface area contributed by atoms with E-state index < -0.39 is 0 Å². The van der Waals surface area contributed by atoms with Gasteiger partial charge in [-0.3, -0.25) is 9.79 Å². The molecule has 1 saturated carbocycles. The zero-order valence-corrected chi connectivity index (χ0v) is 22.7. The monoisotopic (exact) mass is 509 g/mol. The first-order valence-electron chi connectivity index (χ1n) is 13.7. The molecule has 6 rings (SSSR count). The number of anilines is 1. The van der Waals surface area contributed by atoms with E-state index in [9.17, 15) is 4.79 Å². The van der Waals surface area contributed by atoms with Crippen LogP contribution in [-0.2, 0) is 0 Å². The molecule has 0 spiro atoms. The minimum absolute atomic E-state index is 0.115. The number of hydrogen-bond donors (Lipinski definition) is 0. The lowest BCUT2D eigenvalue weighted by molar-refractivity contribution is 0.0746. The molecule has 3 aliphatic rings. The van der Waals surface area contributed by atoms with Gasteiger partial charge in [0, 0.05) is 58.7 Å². The molecular formula is C32H35N3OS. The molecule has 2 heterocycles. The van der Waals surface area contributed by atoms with Gasteiger partial charge in [0.1, 0.15) is 0 Å². The zero-order valence-electron chi connectivity index (χ0n) is 21.9. The van der Waals surface area contributed by atoms with E-state index in [1.807, 2.05) is 17.0 Å². The van der Waals surface area contributed by atoms with Gasteiger partial charge in [-0.15, -0.1) is 0 Å². The lowest BCUT2D eigenvalue weighted by atomic mass is 9.83. The van der Waals surface area contributed by atoms with E-state index in [0.717, 1.165) is 42.3 Å². The predicted molar refractivity (Wildman–Crippen MR) is 154 cm³/mol. The molecule has 5 heteroatoms. The number of rotatable bonds is 3. The van der Waals surface area contributed by atoms with Crippen LogP contribution in [0.15, 0.2) is 75.4 Å². The van der Waals surface area contributed by atoms with E-state index >= 15 is 0 Å². The number of aryl methyl sites for hydroxylation is 2. The molecule has 3 aromatic rings. The van der Waals surface area contributed by atoms with Crippen LogP contribution in [0.5, 0.6) is 0 Å². The molecule has 1 amide bonds. The topological polar surface area (TPSA) is 35.9 Å². The van der Waals surface area contributed by atoms with Crippen molar-refractivity contribution in [2.45, 2.75) is 55.7 Å². The van der Waals surface area contributed by atoms with Crippen molar-refractivity contribution in [3.05, 3.63) is 82.9 Å². The Kier molecular flexibility index (Phi) is 6.81. The summed E-state index contributed by atoms with van der Waals surface area (Å²) in [6.07, 6.45) is 6.29. The Bertz CT molecular complexity index is 1350. The van der Waals surface area contributed by atoms with Crippen LogP contribution in [0, 0.1) is 19.8 Å². The number of aliphatic imine (C=N–C) groups is 1. The van der Waals surface area contributed by atoms with Crippen molar-refractivity contribution in [3.63, 3.8) is 0 Å². The van der Waals surface area contributed by atoms with E-state index in [-0.39, 0.29) is 5.91 Å². The van der Waals surface area contributed by atoms with Crippen molar-refractivity contribution in [1.29, 1.82) is 0 Å². The Hall–Kier alpha value is -3.05. The van der Waals surface area contributed by atoms with E-state index in [1.165, 1.54) is 65.1 Å². The standard InChI is InChI=1S/C32H35N3OS/c1-22-12-14-28(23(2)20-22)34-16-18-35(19-17-34)32(36)25-13-15-30-27(21-25)33-31(24-8-4-3-5-9-24)26-10-6-7-11-29(26)37-30/h6-7,10-15,20-21,24H,3-5,8-9,16-19H2,1-2H3. The molecule has 190 valence electrons. The van der Waals surface area contributed by atoms with Crippen LogP contribution in [-0.4, -0.2) is 42.7 Å². The van der Waals surface area contributed by atoms with E-state index in [2.05, 4.69) is 67.3 Å². The van der Waals surface area contributed by atoms with Crippen LogP contribution in [0.4, 0.5) is 11.4 Å². The van der Waals surface area contributed by atoms with Gasteiger partial charge in [-0.2, -0.15) is 0 Å². The lowest BCUT2D eigenvalue weighted by Crippen LogP contribution is -2.49. The Balaban J connectivity index is 1.24. The fourth-order valence-electron chi connectivity index (χ4n) is 6.08. The SMILES string of the molecule is Cc1ccc(N2CCN(C(=O)c3ccc4c(c3)N=C(C3CCCCC3)c3ccccc3S4)CC2)c(C)c1. The summed E-state index contributed by atoms with van der Waals surface area (Å²) in [5.41, 5.74) is 8.05. The largest absolute Gasteiger partial charge is 0.368 e. The highest BCUT2D eigenvalue weighted by molar-refractivity contribution is 7.99. The maximum absolute atomic E-state index is 13.6. The van der Waals surface area contributed by atoms with Gasteiger partial charge in [0.25, 0.3) is 5.91 Å². The number of carbonyl (C=O) groups is 1. The average Bonchev–Trinajstić information content (AvgIpc) is 3.10. The number of nitrogens with zero attached hydrogens (tertiary/aromatic N) is 3. The zero-order chi connectivity index (χ0) is 25.4. The lowest BCUT2D eigenvalue weighted by Gasteiger charge is -2.37. The molecule has 0 N–H and O–H groups in total. The van der Waals surface area contributed by atoms with Crippen LogP contribution in [0.1, 0.15) is 59.2 Å². The summed E-state index contributed by atoms with van der Waals surface area (Å²) in [6.45, 7) is 7.49. The smallest absolute Gasteiger partial charge is 0.254 e. The summed E-state index contributed by atoms with van der Waals surface area (Å²) in [4.78, 5) is 25.7. The molecule has 0 bridgehead atoms. The third kappa shape index (κ3) is 4.94. The van der Waals surface area contributed by atoms with Crippen LogP contribution in [0.25, 0.3) is 0 Å². The molecule has 0 aromatic heterocycles. The molecular weight excluding hydrogens is 474 g/mol. The highest BCUT2D eigenvalue weighted by atomic mass is 32.2. The Labute approximate surface area is 224 Å². The number of benzene rings is 3. The predicted octanol–water partition coefficient (Wildman–Crippen LogP) is 7.43. The van der Waals surface area contributed by atoms with Crippen LogP contribution >= 0.6 is 11.8 Å². The fourth-order valence-corrected chi connectivity index (χ4v) is 7.09. The van der Waals surface area contributed by atoms with Crippen molar-refractivity contribution >= 4 is 34.8 Å². The Morgan fingerprint density at radius 1 is 0.865 bits per heavy atom. The van der Waals surface area contributed by atoms with Gasteiger partial charge in [0.05, 0.1) is 11.4 Å². The second kappa shape index (κ2) is 10.4. The average molecular weight is 510 g/mol. The first-order valence-corrected chi connectivity index (χ1v) is 14.5. The van der Waals surface area contributed by atoms with E-state index in [1.54, 1.807) is 11.8 Å². The highest BCUT2D eigenvalue weighted by Crippen LogP contribution is 2.43. The number of carbonyl (C=O) groups excluding carboxylic acids is 1. The van der Waals surface area contributed by atoms with E-state index in [0.29, 0.717) is 5.92 Å². The summed E-state index contributed by atoms with van der Waals surface area (Å²) >= 11 is 1.78. The van der Waals surface area contributed by atoms with Crippen molar-refractivity contribution in [3.8, 4) is 0 Å². The molecule has 2 fully saturated rings. The fraction of sp³-hybridized carbons (Fsp3) is 0.375. The normalized spacial score (nSPS) is 18.1. The molecule has 3 aromatic carbocycles. The van der Waals surface area contributed by atoms with Crippen molar-refractivity contribution < 1.29 is 4.79 Å². The van der Waals surface area contributed by atoms with Crippen LogP contribution in [0.2, 0.25) is 0 Å². The molecule has 0 radical (unpaired) electrons. The molecule has 1 aliphatic carbocycles. The van der Waals surface area contributed by atoms with Crippen LogP contribution in [0.3, 0.4) is 0 Å². The number of hydrogen-bond acceptors (Lipinski definition) is 4. The molecule has 4 nitrogen and oxygen atoms in total. The molecule has 37 heavy (non-hydrogen) atoms. The number of amides is 1. The van der Waals surface area contributed by atoms with Gasteiger partial charge in [0.2, 0.25) is 0 Å². The van der Waals surface area contributed by atoms with Crippen molar-refractivity contribution in [1.82, 2.24) is 4.90 Å². The first-order chi connectivity index (χ1) is 18.1. The number of piperazine rings is 1. The quantitative estimate of drug-likeness (QED) is 0.368. The van der Waals surface area contributed by atoms with Gasteiger partial charge in [-0.1, -0.05) is 66.9 Å². The summed E-state index contributed by atoms with van der Waals surface area (Å²) in [5, 5.41) is 0. The van der Waals surface area contributed by atoms with Crippen LogP contribution < -0.4 is 4.90 Å². The Morgan fingerprint density at radius 3 is 2.43 bits per heavy atom. The molecule has 2 aliphatic heterocycles. The highest BCUT2D eigenvalue weighted by Gasteiger charge is 2.27. The maximum Gasteiger partial charge on any atom is 0.254 e. The second-order valence-electron chi connectivity index (χ2n) is 10.7. The second-order valence-corrected chi connectivity index (χ2v) is 11.8. The maximum atomic E-state index is 13.6. The Morgan fingerprint density at radius 2 is 1.65 bits per heavy atom. The van der Waals surface area contributed by atoms with Crippen molar-refractivity contribution in [2.75, 3.05) is 31.1 Å². The van der Waals surface area contributed by atoms with Gasteiger partial charge >= 0.3 is 0 Å². The first kappa shape index (κ1) is 24.3.